The zero-order valence-corrected chi connectivity index (χ0v) is 14.9. The van der Waals surface area contributed by atoms with Gasteiger partial charge in [-0.05, 0) is 31.4 Å². The second-order valence-electron chi connectivity index (χ2n) is 5.52. The molecule has 0 radical (unpaired) electrons. The van der Waals surface area contributed by atoms with Crippen LogP contribution in [0.5, 0.6) is 0 Å². The molecule has 120 valence electrons. The van der Waals surface area contributed by atoms with Gasteiger partial charge in [-0.3, -0.25) is 4.79 Å². The topological polar surface area (TPSA) is 55.1 Å². The fourth-order valence-corrected chi connectivity index (χ4v) is 3.24. The van der Waals surface area contributed by atoms with Crippen LogP contribution in [0.15, 0.2) is 41.3 Å². The van der Waals surface area contributed by atoms with Crippen molar-refractivity contribution in [3.8, 4) is 0 Å². The van der Waals surface area contributed by atoms with Crippen LogP contribution in [0.25, 0.3) is 10.8 Å². The molecule has 0 saturated heterocycles. The molecule has 0 fully saturated rings. The maximum Gasteiger partial charge on any atom is 0.230 e. The number of thioether (sulfide) groups is 1. The summed E-state index contributed by atoms with van der Waals surface area (Å²) in [6, 6.07) is 11.8. The zero-order chi connectivity index (χ0) is 15.5. The predicted molar refractivity (Wildman–Crippen MR) is 98.2 cm³/mol. The SMILES string of the molecule is CC(C)(CN)NC(=O)CSc1cccc2cccc(Cl)c12.Cl. The summed E-state index contributed by atoms with van der Waals surface area (Å²) < 4.78 is 0. The van der Waals surface area contributed by atoms with Crippen LogP contribution in [0.1, 0.15) is 13.8 Å². The molecule has 0 heterocycles. The highest BCUT2D eigenvalue weighted by molar-refractivity contribution is 8.00. The summed E-state index contributed by atoms with van der Waals surface area (Å²) in [5.74, 6) is 0.313. The van der Waals surface area contributed by atoms with Gasteiger partial charge >= 0.3 is 0 Å². The Balaban J connectivity index is 0.00000242. The van der Waals surface area contributed by atoms with Crippen LogP contribution in [0.4, 0.5) is 0 Å². The van der Waals surface area contributed by atoms with Crippen LogP contribution in [0, 0.1) is 0 Å². The van der Waals surface area contributed by atoms with Gasteiger partial charge in [0.2, 0.25) is 5.91 Å². The van der Waals surface area contributed by atoms with E-state index in [2.05, 4.69) is 5.32 Å². The predicted octanol–water partition coefficient (Wildman–Crippen LogP) is 3.86. The maximum atomic E-state index is 12.0. The van der Waals surface area contributed by atoms with Crippen LogP contribution < -0.4 is 11.1 Å². The lowest BCUT2D eigenvalue weighted by Gasteiger charge is -2.24. The van der Waals surface area contributed by atoms with Crippen molar-refractivity contribution in [1.82, 2.24) is 5.32 Å². The number of nitrogens with two attached hydrogens (primary N) is 1. The lowest BCUT2D eigenvalue weighted by atomic mass is 10.1. The first-order chi connectivity index (χ1) is 9.93. The number of benzene rings is 2. The Hall–Kier alpha value is -0.940. The summed E-state index contributed by atoms with van der Waals surface area (Å²) in [4.78, 5) is 13.0. The molecule has 0 aliphatic rings. The van der Waals surface area contributed by atoms with Gasteiger partial charge in [0, 0.05) is 27.4 Å². The molecule has 0 atom stereocenters. The Labute approximate surface area is 146 Å². The van der Waals surface area contributed by atoms with E-state index in [-0.39, 0.29) is 23.9 Å². The van der Waals surface area contributed by atoms with Gasteiger partial charge in [-0.25, -0.2) is 0 Å². The Morgan fingerprint density at radius 3 is 2.55 bits per heavy atom. The molecule has 3 nitrogen and oxygen atoms in total. The third kappa shape index (κ3) is 4.78. The van der Waals surface area contributed by atoms with Crippen molar-refractivity contribution in [2.24, 2.45) is 5.73 Å². The Morgan fingerprint density at radius 2 is 1.91 bits per heavy atom. The molecule has 6 heteroatoms. The first kappa shape index (κ1) is 19.1. The van der Waals surface area contributed by atoms with E-state index >= 15 is 0 Å². The number of carbonyl (C=O) groups is 1. The number of rotatable bonds is 5. The number of amides is 1. The molecule has 0 aliphatic heterocycles. The summed E-state index contributed by atoms with van der Waals surface area (Å²) in [5.41, 5.74) is 5.24. The van der Waals surface area contributed by atoms with Gasteiger partial charge in [0.05, 0.1) is 5.75 Å². The van der Waals surface area contributed by atoms with E-state index in [4.69, 9.17) is 17.3 Å². The lowest BCUT2D eigenvalue weighted by Crippen LogP contribution is -2.49. The van der Waals surface area contributed by atoms with Gasteiger partial charge in [0.15, 0.2) is 0 Å². The summed E-state index contributed by atoms with van der Waals surface area (Å²) in [6.07, 6.45) is 0. The number of nitrogens with one attached hydrogen (secondary N) is 1. The molecule has 0 bridgehead atoms. The molecule has 0 aliphatic carbocycles. The van der Waals surface area contributed by atoms with Crippen molar-refractivity contribution < 1.29 is 4.79 Å². The number of hydrogen-bond donors (Lipinski definition) is 2. The average Bonchev–Trinajstić information content (AvgIpc) is 2.45. The van der Waals surface area contributed by atoms with Crippen molar-refractivity contribution in [3.05, 3.63) is 41.4 Å². The monoisotopic (exact) mass is 358 g/mol. The molecule has 1 amide bonds. The lowest BCUT2D eigenvalue weighted by molar-refractivity contribution is -0.120. The van der Waals surface area contributed by atoms with Crippen molar-refractivity contribution in [1.29, 1.82) is 0 Å². The van der Waals surface area contributed by atoms with Gasteiger partial charge in [-0.15, -0.1) is 24.2 Å². The highest BCUT2D eigenvalue weighted by Crippen LogP contribution is 2.33. The standard InChI is InChI=1S/C16H19ClN2OS.ClH/c1-16(2,10-18)19-14(20)9-21-13-8-4-6-11-5-3-7-12(17)15(11)13;/h3-8H,9-10,18H2,1-2H3,(H,19,20);1H. The van der Waals surface area contributed by atoms with Crippen LogP contribution >= 0.6 is 35.8 Å². The number of halogens is 2. The van der Waals surface area contributed by atoms with Gasteiger partial charge in [0.25, 0.3) is 0 Å². The van der Waals surface area contributed by atoms with E-state index in [1.165, 1.54) is 11.8 Å². The van der Waals surface area contributed by atoms with Gasteiger partial charge in [-0.1, -0.05) is 35.9 Å². The Bertz CT molecular complexity index is 656. The van der Waals surface area contributed by atoms with Crippen LogP contribution in [-0.4, -0.2) is 23.7 Å². The molecule has 3 N–H and O–H groups in total. The third-order valence-corrected chi connectivity index (χ3v) is 4.54. The minimum Gasteiger partial charge on any atom is -0.349 e. The van der Waals surface area contributed by atoms with Crippen LogP contribution in [0.2, 0.25) is 5.02 Å². The molecule has 2 aromatic carbocycles. The molecule has 0 saturated carbocycles. The molecule has 0 spiro atoms. The molecular weight excluding hydrogens is 339 g/mol. The minimum absolute atomic E-state index is 0. The van der Waals surface area contributed by atoms with E-state index in [9.17, 15) is 4.79 Å². The molecule has 0 unspecified atom stereocenters. The summed E-state index contributed by atoms with van der Waals surface area (Å²) in [6.45, 7) is 4.22. The maximum absolute atomic E-state index is 12.0. The zero-order valence-electron chi connectivity index (χ0n) is 12.6. The first-order valence-electron chi connectivity index (χ1n) is 6.74. The van der Waals surface area contributed by atoms with E-state index in [0.29, 0.717) is 17.3 Å². The van der Waals surface area contributed by atoms with E-state index in [1.54, 1.807) is 0 Å². The fraction of sp³-hybridized carbons (Fsp3) is 0.312. The van der Waals surface area contributed by atoms with Crippen molar-refractivity contribution >= 4 is 52.4 Å². The fourth-order valence-electron chi connectivity index (χ4n) is 1.99. The van der Waals surface area contributed by atoms with E-state index in [0.717, 1.165) is 15.7 Å². The van der Waals surface area contributed by atoms with Gasteiger partial charge in [0.1, 0.15) is 0 Å². The van der Waals surface area contributed by atoms with E-state index < -0.39 is 0 Å². The normalized spacial score (nSPS) is 11.1. The number of hydrogen-bond acceptors (Lipinski definition) is 3. The number of fused-ring (bicyclic) bond motifs is 1. The third-order valence-electron chi connectivity index (χ3n) is 3.16. The Kier molecular flexibility index (Phi) is 7.00. The highest BCUT2D eigenvalue weighted by Gasteiger charge is 2.18. The second kappa shape index (κ2) is 8.06. The number of carbonyl (C=O) groups excluding carboxylic acids is 1. The van der Waals surface area contributed by atoms with Gasteiger partial charge in [-0.2, -0.15) is 0 Å². The molecule has 2 rings (SSSR count). The van der Waals surface area contributed by atoms with Crippen molar-refractivity contribution in [2.45, 2.75) is 24.3 Å². The minimum atomic E-state index is -0.381. The quantitative estimate of drug-likeness (QED) is 0.797. The van der Waals surface area contributed by atoms with Gasteiger partial charge < -0.3 is 11.1 Å². The van der Waals surface area contributed by atoms with Crippen molar-refractivity contribution in [2.75, 3.05) is 12.3 Å². The Morgan fingerprint density at radius 1 is 1.27 bits per heavy atom. The molecule has 22 heavy (non-hydrogen) atoms. The first-order valence-corrected chi connectivity index (χ1v) is 8.10. The van der Waals surface area contributed by atoms with E-state index in [1.807, 2.05) is 50.2 Å². The molecular formula is C16H20Cl2N2OS. The summed E-state index contributed by atoms with van der Waals surface area (Å²) >= 11 is 7.76. The summed E-state index contributed by atoms with van der Waals surface area (Å²) in [7, 11) is 0. The van der Waals surface area contributed by atoms with Crippen LogP contribution in [-0.2, 0) is 4.79 Å². The average molecular weight is 359 g/mol. The second-order valence-corrected chi connectivity index (χ2v) is 6.94. The smallest absolute Gasteiger partial charge is 0.230 e. The highest BCUT2D eigenvalue weighted by atomic mass is 35.5. The summed E-state index contributed by atoms with van der Waals surface area (Å²) in [5, 5.41) is 5.70. The molecule has 0 aromatic heterocycles. The van der Waals surface area contributed by atoms with Crippen molar-refractivity contribution in [3.63, 3.8) is 0 Å². The van der Waals surface area contributed by atoms with Crippen LogP contribution in [0.3, 0.4) is 0 Å². The largest absolute Gasteiger partial charge is 0.349 e. The molecule has 2 aromatic rings.